The number of aromatic nitrogens is 2. The van der Waals surface area contributed by atoms with Gasteiger partial charge in [0.1, 0.15) is 11.6 Å². The molecule has 0 radical (unpaired) electrons. The molecular weight excluding hydrogens is 226 g/mol. The largest absolute Gasteiger partial charge is 0.458 e. The van der Waals surface area contributed by atoms with E-state index in [4.69, 9.17) is 4.42 Å². The molecule has 96 valence electrons. The van der Waals surface area contributed by atoms with Gasteiger partial charge in [-0.1, -0.05) is 13.8 Å². The van der Waals surface area contributed by atoms with Crippen LogP contribution in [0.25, 0.3) is 11.6 Å². The minimum absolute atomic E-state index is 0.657. The molecule has 2 heterocycles. The Morgan fingerprint density at radius 3 is 2.56 bits per heavy atom. The lowest BCUT2D eigenvalue weighted by atomic mass is 10.3. The van der Waals surface area contributed by atoms with Crippen molar-refractivity contribution in [3.8, 4) is 11.6 Å². The molecule has 2 aromatic rings. The zero-order valence-corrected chi connectivity index (χ0v) is 11.2. The number of hydrogen-bond donors (Lipinski definition) is 1. The van der Waals surface area contributed by atoms with Crippen LogP contribution < -0.4 is 5.32 Å². The van der Waals surface area contributed by atoms with Gasteiger partial charge in [-0.2, -0.15) is 0 Å². The van der Waals surface area contributed by atoms with Crippen molar-refractivity contribution in [3.05, 3.63) is 29.7 Å². The fraction of sp³-hybridized carbons (Fsp3) is 0.429. The molecular formula is C14H19N3O. The monoisotopic (exact) mass is 245 g/mol. The summed E-state index contributed by atoms with van der Waals surface area (Å²) in [5.41, 5.74) is 1.02. The third-order valence-electron chi connectivity index (χ3n) is 2.73. The second-order valence-electron chi connectivity index (χ2n) is 4.07. The molecule has 18 heavy (non-hydrogen) atoms. The average molecular weight is 245 g/mol. The van der Waals surface area contributed by atoms with Crippen molar-refractivity contribution in [3.63, 3.8) is 0 Å². The van der Waals surface area contributed by atoms with Crippen molar-refractivity contribution in [1.29, 1.82) is 0 Å². The molecule has 0 aliphatic carbocycles. The lowest BCUT2D eigenvalue weighted by Crippen LogP contribution is -2.03. The number of furan rings is 1. The Balaban J connectivity index is 2.39. The fourth-order valence-electron chi connectivity index (χ4n) is 1.75. The molecule has 0 fully saturated rings. The van der Waals surface area contributed by atoms with Gasteiger partial charge in [-0.25, -0.2) is 9.97 Å². The maximum Gasteiger partial charge on any atom is 0.197 e. The standard InChI is InChI=1S/C14H19N3O/c1-4-10-9-13(15-6-3)17-14(16-10)12-8-7-11(5-2)18-12/h7-9H,4-6H2,1-3H3,(H,15,16,17). The van der Waals surface area contributed by atoms with Crippen molar-refractivity contribution in [2.24, 2.45) is 0 Å². The molecule has 1 N–H and O–H groups in total. The van der Waals surface area contributed by atoms with Crippen molar-refractivity contribution < 1.29 is 4.42 Å². The maximum atomic E-state index is 5.70. The molecule has 0 aliphatic heterocycles. The molecule has 0 aliphatic rings. The Labute approximate surface area is 107 Å². The van der Waals surface area contributed by atoms with Crippen LogP contribution in [0.5, 0.6) is 0 Å². The van der Waals surface area contributed by atoms with Crippen LogP contribution in [0.3, 0.4) is 0 Å². The van der Waals surface area contributed by atoms with Crippen LogP contribution in [-0.2, 0) is 12.8 Å². The Morgan fingerprint density at radius 2 is 1.94 bits per heavy atom. The van der Waals surface area contributed by atoms with Crippen LogP contribution in [-0.4, -0.2) is 16.5 Å². The SMILES string of the molecule is CCNc1cc(CC)nc(-c2ccc(CC)o2)n1. The van der Waals surface area contributed by atoms with E-state index in [1.165, 1.54) is 0 Å². The average Bonchev–Trinajstić information content (AvgIpc) is 2.87. The predicted molar refractivity (Wildman–Crippen MR) is 72.7 cm³/mol. The number of nitrogens with zero attached hydrogens (tertiary/aromatic N) is 2. The molecule has 0 bridgehead atoms. The Hall–Kier alpha value is -1.84. The molecule has 0 spiro atoms. The van der Waals surface area contributed by atoms with Crippen LogP contribution in [0.15, 0.2) is 22.6 Å². The molecule has 0 atom stereocenters. The quantitative estimate of drug-likeness (QED) is 0.878. The molecule has 0 aromatic carbocycles. The number of nitrogens with one attached hydrogen (secondary N) is 1. The summed E-state index contributed by atoms with van der Waals surface area (Å²) >= 11 is 0. The summed E-state index contributed by atoms with van der Waals surface area (Å²) in [6.07, 6.45) is 1.77. The second kappa shape index (κ2) is 5.67. The van der Waals surface area contributed by atoms with Crippen LogP contribution in [0, 0.1) is 0 Å². The van der Waals surface area contributed by atoms with E-state index >= 15 is 0 Å². The fourth-order valence-corrected chi connectivity index (χ4v) is 1.75. The molecule has 0 saturated carbocycles. The molecule has 2 rings (SSSR count). The number of anilines is 1. The van der Waals surface area contributed by atoms with Gasteiger partial charge in [0.25, 0.3) is 0 Å². The van der Waals surface area contributed by atoms with E-state index in [0.717, 1.165) is 42.4 Å². The summed E-state index contributed by atoms with van der Waals surface area (Å²) in [5.74, 6) is 3.21. The summed E-state index contributed by atoms with van der Waals surface area (Å²) in [6.45, 7) is 7.05. The number of hydrogen-bond acceptors (Lipinski definition) is 4. The predicted octanol–water partition coefficient (Wildman–Crippen LogP) is 3.29. The van der Waals surface area contributed by atoms with E-state index in [1.807, 2.05) is 18.2 Å². The number of rotatable bonds is 5. The molecule has 0 amide bonds. The third kappa shape index (κ3) is 2.70. The van der Waals surface area contributed by atoms with Crippen LogP contribution in [0.2, 0.25) is 0 Å². The van der Waals surface area contributed by atoms with E-state index in [0.29, 0.717) is 5.82 Å². The second-order valence-corrected chi connectivity index (χ2v) is 4.07. The third-order valence-corrected chi connectivity index (χ3v) is 2.73. The normalized spacial score (nSPS) is 10.6. The molecule has 4 nitrogen and oxygen atoms in total. The zero-order chi connectivity index (χ0) is 13.0. The van der Waals surface area contributed by atoms with Gasteiger partial charge in [0.15, 0.2) is 11.6 Å². The smallest absolute Gasteiger partial charge is 0.197 e. The Kier molecular flexibility index (Phi) is 3.97. The van der Waals surface area contributed by atoms with Gasteiger partial charge in [-0.15, -0.1) is 0 Å². The Morgan fingerprint density at radius 1 is 1.11 bits per heavy atom. The first-order chi connectivity index (χ1) is 8.76. The highest BCUT2D eigenvalue weighted by atomic mass is 16.3. The lowest BCUT2D eigenvalue weighted by molar-refractivity contribution is 0.525. The summed E-state index contributed by atoms with van der Waals surface area (Å²) in [4.78, 5) is 8.98. The molecule has 2 aromatic heterocycles. The van der Waals surface area contributed by atoms with Crippen LogP contribution >= 0.6 is 0 Å². The molecule has 0 unspecified atom stereocenters. The van der Waals surface area contributed by atoms with Gasteiger partial charge in [-0.3, -0.25) is 0 Å². The van der Waals surface area contributed by atoms with Crippen LogP contribution in [0.1, 0.15) is 32.2 Å². The summed E-state index contributed by atoms with van der Waals surface area (Å²) in [5, 5.41) is 3.22. The van der Waals surface area contributed by atoms with Crippen molar-refractivity contribution in [2.45, 2.75) is 33.6 Å². The maximum absolute atomic E-state index is 5.70. The van der Waals surface area contributed by atoms with E-state index < -0.39 is 0 Å². The Bertz CT molecular complexity index is 520. The first-order valence-electron chi connectivity index (χ1n) is 6.47. The first-order valence-corrected chi connectivity index (χ1v) is 6.47. The van der Waals surface area contributed by atoms with Crippen molar-refractivity contribution in [1.82, 2.24) is 9.97 Å². The number of aryl methyl sites for hydroxylation is 2. The summed E-state index contributed by atoms with van der Waals surface area (Å²) < 4.78 is 5.70. The minimum Gasteiger partial charge on any atom is -0.458 e. The van der Waals surface area contributed by atoms with Gasteiger partial charge in [0, 0.05) is 24.7 Å². The van der Waals surface area contributed by atoms with E-state index in [9.17, 15) is 0 Å². The highest BCUT2D eigenvalue weighted by Gasteiger charge is 2.09. The van der Waals surface area contributed by atoms with Gasteiger partial charge in [0.05, 0.1) is 0 Å². The first kappa shape index (κ1) is 12.6. The van der Waals surface area contributed by atoms with Crippen LogP contribution in [0.4, 0.5) is 5.82 Å². The highest BCUT2D eigenvalue weighted by Crippen LogP contribution is 2.21. The van der Waals surface area contributed by atoms with Gasteiger partial charge < -0.3 is 9.73 Å². The zero-order valence-electron chi connectivity index (χ0n) is 11.2. The van der Waals surface area contributed by atoms with Gasteiger partial charge in [-0.05, 0) is 25.5 Å². The van der Waals surface area contributed by atoms with E-state index in [1.54, 1.807) is 0 Å². The van der Waals surface area contributed by atoms with E-state index in [2.05, 4.69) is 36.1 Å². The molecule has 0 saturated heterocycles. The summed E-state index contributed by atoms with van der Waals surface area (Å²) in [7, 11) is 0. The minimum atomic E-state index is 0.657. The summed E-state index contributed by atoms with van der Waals surface area (Å²) in [6, 6.07) is 5.89. The van der Waals surface area contributed by atoms with E-state index in [-0.39, 0.29) is 0 Å². The molecule has 4 heteroatoms. The lowest BCUT2D eigenvalue weighted by Gasteiger charge is -2.06. The van der Waals surface area contributed by atoms with Crippen molar-refractivity contribution >= 4 is 5.82 Å². The van der Waals surface area contributed by atoms with Gasteiger partial charge >= 0.3 is 0 Å². The van der Waals surface area contributed by atoms with Crippen molar-refractivity contribution in [2.75, 3.05) is 11.9 Å². The topological polar surface area (TPSA) is 51.0 Å². The highest BCUT2D eigenvalue weighted by molar-refractivity contribution is 5.52. The van der Waals surface area contributed by atoms with Gasteiger partial charge in [0.2, 0.25) is 0 Å².